The number of anilines is 4. The molecular formula is C44H56N2O6. The molecule has 0 saturated carbocycles. The van der Waals surface area contributed by atoms with Crippen LogP contribution < -0.4 is 20.1 Å². The first-order chi connectivity index (χ1) is 25.6. The van der Waals surface area contributed by atoms with Crippen molar-refractivity contribution < 1.29 is 28.5 Å². The third-order valence-corrected chi connectivity index (χ3v) is 8.49. The highest BCUT2D eigenvalue weighted by Crippen LogP contribution is 2.21. The van der Waals surface area contributed by atoms with E-state index in [9.17, 15) is 9.59 Å². The van der Waals surface area contributed by atoms with Gasteiger partial charge in [0.1, 0.15) is 11.5 Å². The van der Waals surface area contributed by atoms with Gasteiger partial charge >= 0.3 is 11.9 Å². The molecule has 0 amide bonds. The molecule has 0 aromatic heterocycles. The van der Waals surface area contributed by atoms with Gasteiger partial charge < -0.3 is 29.6 Å². The first-order valence-corrected chi connectivity index (χ1v) is 19.1. The van der Waals surface area contributed by atoms with Crippen LogP contribution in [0.25, 0.3) is 0 Å². The summed E-state index contributed by atoms with van der Waals surface area (Å²) < 4.78 is 22.5. The highest BCUT2D eigenvalue weighted by Gasteiger charge is 2.06. The van der Waals surface area contributed by atoms with Crippen molar-refractivity contribution >= 4 is 34.7 Å². The lowest BCUT2D eigenvalue weighted by Crippen LogP contribution is -2.07. The normalized spacial score (nSPS) is 10.7. The largest absolute Gasteiger partial charge is 0.494 e. The SMILES string of the molecule is O=C(CCCCCCC(=O)OCCCCCCOc1ccc(Nc2ccccc2)cc1)OCCCCCCOc1ccc(Nc2ccccc2)cc1. The molecule has 52 heavy (non-hydrogen) atoms. The third kappa shape index (κ3) is 17.8. The number of para-hydroxylation sites is 2. The van der Waals surface area contributed by atoms with Crippen molar-refractivity contribution in [2.24, 2.45) is 0 Å². The maximum absolute atomic E-state index is 12.0. The van der Waals surface area contributed by atoms with E-state index in [1.54, 1.807) is 0 Å². The van der Waals surface area contributed by atoms with Crippen LogP contribution in [0.1, 0.15) is 89.9 Å². The minimum absolute atomic E-state index is 0.134. The fraction of sp³-hybridized carbons (Fsp3) is 0.409. The topological polar surface area (TPSA) is 95.1 Å². The standard InChI is InChI=1S/C44H56N2O6/c47-43(51-35-17-5-3-15-33-49-41-29-25-39(26-30-41)45-37-19-9-7-10-20-37)23-13-1-2-14-24-44(48)52-36-18-6-4-16-34-50-42-31-27-40(28-32-42)46-38-21-11-8-12-22-38/h7-12,19-22,25-32,45-46H,1-6,13-18,23-24,33-36H2. The summed E-state index contributed by atoms with van der Waals surface area (Å²) in [6, 6.07) is 36.1. The summed E-state index contributed by atoms with van der Waals surface area (Å²) >= 11 is 0. The van der Waals surface area contributed by atoms with Gasteiger partial charge in [0.15, 0.2) is 0 Å². The predicted molar refractivity (Wildman–Crippen MR) is 210 cm³/mol. The van der Waals surface area contributed by atoms with Crippen LogP contribution >= 0.6 is 0 Å². The fourth-order valence-corrected chi connectivity index (χ4v) is 5.55. The molecule has 0 fully saturated rings. The lowest BCUT2D eigenvalue weighted by Gasteiger charge is -2.09. The molecule has 0 radical (unpaired) electrons. The van der Waals surface area contributed by atoms with Crippen LogP contribution in [-0.2, 0) is 19.1 Å². The Bertz CT molecular complexity index is 1400. The second-order valence-corrected chi connectivity index (χ2v) is 12.9. The number of hydrogen-bond donors (Lipinski definition) is 2. The average molecular weight is 709 g/mol. The quantitative estimate of drug-likeness (QED) is 0.0467. The Balaban J connectivity index is 0.860. The van der Waals surface area contributed by atoms with E-state index in [2.05, 4.69) is 10.6 Å². The van der Waals surface area contributed by atoms with Crippen LogP contribution in [-0.4, -0.2) is 38.4 Å². The zero-order valence-electron chi connectivity index (χ0n) is 30.6. The van der Waals surface area contributed by atoms with Crippen molar-refractivity contribution in [3.63, 3.8) is 0 Å². The zero-order valence-corrected chi connectivity index (χ0v) is 30.6. The van der Waals surface area contributed by atoms with Crippen LogP contribution in [0.4, 0.5) is 22.7 Å². The van der Waals surface area contributed by atoms with Gasteiger partial charge in [0.05, 0.1) is 26.4 Å². The number of benzene rings is 4. The molecule has 4 aromatic rings. The van der Waals surface area contributed by atoms with E-state index in [1.807, 2.05) is 109 Å². The highest BCUT2D eigenvalue weighted by molar-refractivity contribution is 5.69. The van der Waals surface area contributed by atoms with Crippen LogP contribution in [0.5, 0.6) is 11.5 Å². The Morgan fingerprint density at radius 3 is 1.08 bits per heavy atom. The number of nitrogens with one attached hydrogen (secondary N) is 2. The van der Waals surface area contributed by atoms with E-state index in [0.717, 1.165) is 111 Å². The van der Waals surface area contributed by atoms with Gasteiger partial charge in [0.2, 0.25) is 0 Å². The number of carbonyl (C=O) groups is 2. The minimum atomic E-state index is -0.134. The van der Waals surface area contributed by atoms with Gasteiger partial charge in [-0.15, -0.1) is 0 Å². The van der Waals surface area contributed by atoms with E-state index >= 15 is 0 Å². The van der Waals surface area contributed by atoms with Crippen LogP contribution in [0.15, 0.2) is 109 Å². The lowest BCUT2D eigenvalue weighted by atomic mass is 10.1. The summed E-state index contributed by atoms with van der Waals surface area (Å²) in [7, 11) is 0. The summed E-state index contributed by atoms with van der Waals surface area (Å²) in [4.78, 5) is 24.1. The lowest BCUT2D eigenvalue weighted by molar-refractivity contribution is -0.145. The second kappa shape index (κ2) is 25.1. The Labute approximate surface area is 310 Å². The van der Waals surface area contributed by atoms with Gasteiger partial charge in [-0.1, -0.05) is 49.2 Å². The van der Waals surface area contributed by atoms with Gasteiger partial charge in [-0.3, -0.25) is 9.59 Å². The van der Waals surface area contributed by atoms with Crippen molar-refractivity contribution in [3.8, 4) is 11.5 Å². The molecule has 0 saturated heterocycles. The van der Waals surface area contributed by atoms with E-state index in [0.29, 0.717) is 39.3 Å². The molecule has 2 N–H and O–H groups in total. The van der Waals surface area contributed by atoms with Gasteiger partial charge in [-0.2, -0.15) is 0 Å². The molecule has 0 spiro atoms. The number of hydrogen-bond acceptors (Lipinski definition) is 8. The molecule has 0 bridgehead atoms. The Hall–Kier alpha value is -4.98. The van der Waals surface area contributed by atoms with Crippen molar-refractivity contribution in [3.05, 3.63) is 109 Å². The minimum Gasteiger partial charge on any atom is -0.494 e. The molecule has 0 atom stereocenters. The molecule has 0 heterocycles. The smallest absolute Gasteiger partial charge is 0.305 e. The van der Waals surface area contributed by atoms with E-state index in [4.69, 9.17) is 18.9 Å². The van der Waals surface area contributed by atoms with E-state index < -0.39 is 0 Å². The zero-order chi connectivity index (χ0) is 36.3. The monoisotopic (exact) mass is 708 g/mol. The summed E-state index contributed by atoms with van der Waals surface area (Å²) in [5.74, 6) is 1.46. The third-order valence-electron chi connectivity index (χ3n) is 8.49. The molecule has 0 unspecified atom stereocenters. The number of unbranched alkanes of at least 4 members (excludes halogenated alkanes) is 9. The Morgan fingerprint density at radius 2 is 0.692 bits per heavy atom. The molecule has 0 aliphatic rings. The first kappa shape index (κ1) is 39.8. The van der Waals surface area contributed by atoms with E-state index in [1.165, 1.54) is 0 Å². The Kier molecular flexibility index (Phi) is 19.2. The highest BCUT2D eigenvalue weighted by atomic mass is 16.5. The number of esters is 2. The molecule has 0 aliphatic carbocycles. The van der Waals surface area contributed by atoms with E-state index in [-0.39, 0.29) is 11.9 Å². The van der Waals surface area contributed by atoms with Gasteiger partial charge in [0, 0.05) is 35.6 Å². The summed E-state index contributed by atoms with van der Waals surface area (Å²) in [6.45, 7) is 2.28. The average Bonchev–Trinajstić information content (AvgIpc) is 3.17. The van der Waals surface area contributed by atoms with Gasteiger partial charge in [-0.25, -0.2) is 0 Å². The molecule has 8 nitrogen and oxygen atoms in total. The maximum Gasteiger partial charge on any atom is 0.305 e. The van der Waals surface area contributed by atoms with Crippen molar-refractivity contribution in [2.45, 2.75) is 89.9 Å². The summed E-state index contributed by atoms with van der Waals surface area (Å²) in [5.41, 5.74) is 4.16. The van der Waals surface area contributed by atoms with Crippen molar-refractivity contribution in [1.29, 1.82) is 0 Å². The number of ether oxygens (including phenoxy) is 4. The molecule has 0 aliphatic heterocycles. The molecule has 8 heteroatoms. The molecule has 278 valence electrons. The predicted octanol–water partition coefficient (Wildman–Crippen LogP) is 11.2. The fourth-order valence-electron chi connectivity index (χ4n) is 5.55. The van der Waals surface area contributed by atoms with Crippen LogP contribution in [0.3, 0.4) is 0 Å². The number of carbonyl (C=O) groups excluding carboxylic acids is 2. The molecular weight excluding hydrogens is 652 g/mol. The van der Waals surface area contributed by atoms with Gasteiger partial charge in [0.25, 0.3) is 0 Å². The second-order valence-electron chi connectivity index (χ2n) is 12.9. The van der Waals surface area contributed by atoms with Crippen LogP contribution in [0, 0.1) is 0 Å². The first-order valence-electron chi connectivity index (χ1n) is 19.1. The van der Waals surface area contributed by atoms with Crippen molar-refractivity contribution in [1.82, 2.24) is 0 Å². The van der Waals surface area contributed by atoms with Crippen LogP contribution in [0.2, 0.25) is 0 Å². The summed E-state index contributed by atoms with van der Waals surface area (Å²) in [6.07, 6.45) is 12.0. The summed E-state index contributed by atoms with van der Waals surface area (Å²) in [5, 5.41) is 6.73. The Morgan fingerprint density at radius 1 is 0.365 bits per heavy atom. The van der Waals surface area contributed by atoms with Crippen molar-refractivity contribution in [2.75, 3.05) is 37.1 Å². The molecule has 4 aromatic carbocycles. The van der Waals surface area contributed by atoms with Gasteiger partial charge in [-0.05, 0) is 137 Å². The number of rotatable bonds is 27. The maximum atomic E-state index is 12.0. The molecule has 4 rings (SSSR count).